The third kappa shape index (κ3) is 5.42. The molecule has 3 aromatic rings. The van der Waals surface area contributed by atoms with Gasteiger partial charge in [-0.25, -0.2) is 13.8 Å². The Balaban J connectivity index is 1.09. The number of halogens is 2. The summed E-state index contributed by atoms with van der Waals surface area (Å²) in [6, 6.07) is 6.02. The molecule has 6 rings (SSSR count). The molecule has 2 fully saturated rings. The summed E-state index contributed by atoms with van der Waals surface area (Å²) in [4.78, 5) is 20.5. The van der Waals surface area contributed by atoms with Gasteiger partial charge in [0.25, 0.3) is 5.91 Å². The highest BCUT2D eigenvalue weighted by Crippen LogP contribution is 2.36. The monoisotopic (exact) mass is 539 g/mol. The summed E-state index contributed by atoms with van der Waals surface area (Å²) in [5, 5.41) is 6.55. The molecule has 38 heavy (non-hydrogen) atoms. The molecular weight excluding hydrogens is 504 g/mol. The fourth-order valence-electron chi connectivity index (χ4n) is 5.95. The van der Waals surface area contributed by atoms with E-state index in [1.807, 2.05) is 34.9 Å². The van der Waals surface area contributed by atoms with Gasteiger partial charge in [-0.15, -0.1) is 0 Å². The Labute approximate surface area is 225 Å². The number of hydrogen-bond donors (Lipinski definition) is 2. The smallest absolute Gasteiger partial charge is 0.251 e. The van der Waals surface area contributed by atoms with Crippen LogP contribution in [0, 0.1) is 5.92 Å². The van der Waals surface area contributed by atoms with Crippen molar-refractivity contribution in [1.82, 2.24) is 24.9 Å². The normalized spacial score (nSPS) is 23.5. The van der Waals surface area contributed by atoms with Crippen molar-refractivity contribution in [2.75, 3.05) is 32.7 Å². The van der Waals surface area contributed by atoms with Crippen LogP contribution in [0.5, 0.6) is 0 Å². The van der Waals surface area contributed by atoms with Gasteiger partial charge in [-0.1, -0.05) is 23.8 Å². The molecule has 1 aromatic carbocycles. The number of hydrogen-bond acceptors (Lipinski definition) is 5. The van der Waals surface area contributed by atoms with Gasteiger partial charge < -0.3 is 15.5 Å². The summed E-state index contributed by atoms with van der Waals surface area (Å²) >= 11 is 1.51. The standard InChI is InChI=1S/C29H35F2N5OS/c30-21-9-14-35(15-10-21)13-3-12-33-28(37)20-6-8-26-27(17-20)38-29-34-25(18-36(26)29)22-7-5-19(16-23(22)31)24-4-1-2-11-32-24/h6-8,16-19,21,24,32H,1-5,9-15H2,(H,33,37)/t19?,24-/m0/s1. The number of allylic oxidation sites excluding steroid dienone is 3. The van der Waals surface area contributed by atoms with E-state index in [4.69, 9.17) is 4.98 Å². The van der Waals surface area contributed by atoms with E-state index >= 15 is 4.39 Å². The minimum absolute atomic E-state index is 0.0947. The number of nitrogens with zero attached hydrogens (tertiary/aromatic N) is 3. The molecule has 6 nitrogen and oxygen atoms in total. The summed E-state index contributed by atoms with van der Waals surface area (Å²) in [5.74, 6) is -0.0840. The lowest BCUT2D eigenvalue weighted by atomic mass is 9.85. The highest BCUT2D eigenvalue weighted by atomic mass is 32.1. The second-order valence-electron chi connectivity index (χ2n) is 10.8. The second-order valence-corrected chi connectivity index (χ2v) is 11.8. The number of carbonyl (C=O) groups is 1. The maximum atomic E-state index is 15.1. The van der Waals surface area contributed by atoms with E-state index in [-0.39, 0.29) is 17.7 Å². The zero-order chi connectivity index (χ0) is 26.1. The van der Waals surface area contributed by atoms with Crippen molar-refractivity contribution in [2.45, 2.75) is 57.2 Å². The third-order valence-corrected chi connectivity index (χ3v) is 9.18. The predicted molar refractivity (Wildman–Crippen MR) is 149 cm³/mol. The van der Waals surface area contributed by atoms with E-state index in [1.165, 1.54) is 24.2 Å². The van der Waals surface area contributed by atoms with Gasteiger partial charge in [0.2, 0.25) is 0 Å². The fourth-order valence-corrected chi connectivity index (χ4v) is 7.00. The SMILES string of the molecule is O=C(NCCCN1CCC(F)CC1)c1ccc2c(c1)sc1nc(C3=CCC([C@@H]4CCCCN4)C=C3F)cn12. The van der Waals surface area contributed by atoms with Gasteiger partial charge in [0.15, 0.2) is 4.96 Å². The number of imidazole rings is 1. The Kier molecular flexibility index (Phi) is 7.59. The second kappa shape index (κ2) is 11.2. The van der Waals surface area contributed by atoms with Crippen molar-refractivity contribution in [2.24, 2.45) is 5.92 Å². The van der Waals surface area contributed by atoms with Crippen molar-refractivity contribution >= 4 is 38.0 Å². The first-order valence-electron chi connectivity index (χ1n) is 13.9. The molecule has 2 atom stereocenters. The molecule has 0 radical (unpaired) electrons. The average molecular weight is 540 g/mol. The molecule has 1 aliphatic carbocycles. The highest BCUT2D eigenvalue weighted by Gasteiger charge is 2.27. The Morgan fingerprint density at radius 3 is 2.87 bits per heavy atom. The van der Waals surface area contributed by atoms with Gasteiger partial charge in [0, 0.05) is 43.0 Å². The number of alkyl halides is 1. The van der Waals surface area contributed by atoms with Gasteiger partial charge in [0.05, 0.1) is 15.9 Å². The first kappa shape index (κ1) is 25.6. The molecule has 1 unspecified atom stereocenters. The first-order chi connectivity index (χ1) is 18.5. The van der Waals surface area contributed by atoms with Gasteiger partial charge >= 0.3 is 0 Å². The fraction of sp³-hybridized carbons (Fsp3) is 0.517. The van der Waals surface area contributed by atoms with Gasteiger partial charge in [-0.3, -0.25) is 9.20 Å². The van der Waals surface area contributed by atoms with Gasteiger partial charge in [-0.2, -0.15) is 0 Å². The van der Waals surface area contributed by atoms with Crippen LogP contribution in [0.15, 0.2) is 42.4 Å². The third-order valence-electron chi connectivity index (χ3n) is 8.16. The Bertz CT molecular complexity index is 1360. The molecule has 202 valence electrons. The number of carbonyl (C=O) groups excluding carboxylic acids is 1. The van der Waals surface area contributed by atoms with Crippen LogP contribution in [0.3, 0.4) is 0 Å². The number of likely N-dealkylation sites (tertiary alicyclic amines) is 1. The predicted octanol–water partition coefficient (Wildman–Crippen LogP) is 5.50. The largest absolute Gasteiger partial charge is 0.352 e. The molecule has 9 heteroatoms. The molecule has 4 heterocycles. The average Bonchev–Trinajstić information content (AvgIpc) is 3.50. The molecule has 0 bridgehead atoms. The number of piperidine rings is 2. The van der Waals surface area contributed by atoms with Crippen molar-refractivity contribution in [3.05, 3.63) is 53.6 Å². The van der Waals surface area contributed by atoms with E-state index in [0.717, 1.165) is 60.6 Å². The molecule has 0 spiro atoms. The quantitative estimate of drug-likeness (QED) is 0.389. The number of aromatic nitrogens is 2. The number of benzene rings is 1. The van der Waals surface area contributed by atoms with E-state index in [9.17, 15) is 9.18 Å². The van der Waals surface area contributed by atoms with E-state index in [0.29, 0.717) is 42.3 Å². The van der Waals surface area contributed by atoms with Crippen molar-refractivity contribution < 1.29 is 13.6 Å². The Hall–Kier alpha value is -2.62. The van der Waals surface area contributed by atoms with Crippen LogP contribution >= 0.6 is 11.3 Å². The van der Waals surface area contributed by atoms with Crippen LogP contribution in [0.25, 0.3) is 20.8 Å². The van der Waals surface area contributed by atoms with Crippen LogP contribution in [0.1, 0.15) is 61.0 Å². The lowest BCUT2D eigenvalue weighted by Gasteiger charge is -2.30. The van der Waals surface area contributed by atoms with Crippen molar-refractivity contribution in [1.29, 1.82) is 0 Å². The summed E-state index contributed by atoms with van der Waals surface area (Å²) in [7, 11) is 0. The molecule has 0 saturated carbocycles. The van der Waals surface area contributed by atoms with Gasteiger partial charge in [0.1, 0.15) is 12.0 Å². The highest BCUT2D eigenvalue weighted by molar-refractivity contribution is 7.23. The lowest BCUT2D eigenvalue weighted by molar-refractivity contribution is 0.0950. The number of fused-ring (bicyclic) bond motifs is 3. The minimum atomic E-state index is -0.661. The Morgan fingerprint density at radius 2 is 2.08 bits per heavy atom. The van der Waals surface area contributed by atoms with Crippen LogP contribution in [0.2, 0.25) is 0 Å². The maximum Gasteiger partial charge on any atom is 0.251 e. The molecule has 2 saturated heterocycles. The van der Waals surface area contributed by atoms with Crippen LogP contribution in [-0.4, -0.2) is 65.1 Å². The van der Waals surface area contributed by atoms with E-state index in [2.05, 4.69) is 15.5 Å². The first-order valence-corrected chi connectivity index (χ1v) is 14.7. The lowest BCUT2D eigenvalue weighted by Crippen LogP contribution is -2.39. The number of nitrogens with one attached hydrogen (secondary N) is 2. The summed E-state index contributed by atoms with van der Waals surface area (Å²) in [6.45, 7) is 4.08. The maximum absolute atomic E-state index is 15.1. The molecule has 2 aliphatic heterocycles. The molecule has 2 aromatic heterocycles. The van der Waals surface area contributed by atoms with Gasteiger partial charge in [-0.05, 0) is 81.8 Å². The van der Waals surface area contributed by atoms with Crippen LogP contribution < -0.4 is 10.6 Å². The molecular formula is C29H35F2N5OS. The summed E-state index contributed by atoms with van der Waals surface area (Å²) in [5.41, 5.74) is 2.80. The zero-order valence-electron chi connectivity index (χ0n) is 21.6. The molecule has 1 amide bonds. The number of rotatable bonds is 7. The summed E-state index contributed by atoms with van der Waals surface area (Å²) in [6.07, 6.45) is 11.4. The van der Waals surface area contributed by atoms with Crippen LogP contribution in [-0.2, 0) is 0 Å². The molecule has 3 aliphatic rings. The minimum Gasteiger partial charge on any atom is -0.352 e. The summed E-state index contributed by atoms with van der Waals surface area (Å²) < 4.78 is 31.4. The van der Waals surface area contributed by atoms with Crippen molar-refractivity contribution in [3.63, 3.8) is 0 Å². The number of amides is 1. The topological polar surface area (TPSA) is 61.7 Å². The number of thiazole rings is 1. The van der Waals surface area contributed by atoms with Crippen LogP contribution in [0.4, 0.5) is 8.78 Å². The van der Waals surface area contributed by atoms with Crippen molar-refractivity contribution in [3.8, 4) is 0 Å². The van der Waals surface area contributed by atoms with E-state index in [1.54, 1.807) is 6.08 Å². The molecule has 2 N–H and O–H groups in total. The Morgan fingerprint density at radius 1 is 1.21 bits per heavy atom. The van der Waals surface area contributed by atoms with E-state index < -0.39 is 6.17 Å². The zero-order valence-corrected chi connectivity index (χ0v) is 22.4.